The average molecular weight is 244 g/mol. The summed E-state index contributed by atoms with van der Waals surface area (Å²) in [6, 6.07) is 0.153. The molecule has 0 aliphatic rings. The van der Waals surface area contributed by atoms with E-state index >= 15 is 0 Å². The van der Waals surface area contributed by atoms with Crippen molar-refractivity contribution in [3.8, 4) is 0 Å². The minimum absolute atomic E-state index is 0.0822. The summed E-state index contributed by atoms with van der Waals surface area (Å²) in [4.78, 5) is 23.6. The van der Waals surface area contributed by atoms with E-state index in [2.05, 4.69) is 12.2 Å². The molecule has 1 unspecified atom stereocenters. The Labute approximate surface area is 103 Å². The van der Waals surface area contributed by atoms with Gasteiger partial charge in [0.2, 0.25) is 0 Å². The SMILES string of the molecule is CCCC(C)N(C)C(=O)NCCCCC(=O)O. The molecule has 0 rings (SSSR count). The molecule has 5 heteroatoms. The second-order valence-corrected chi connectivity index (χ2v) is 4.33. The van der Waals surface area contributed by atoms with Crippen LogP contribution in [0.15, 0.2) is 0 Å². The van der Waals surface area contributed by atoms with Crippen LogP contribution in [-0.2, 0) is 4.79 Å². The zero-order chi connectivity index (χ0) is 13.3. The molecule has 0 bridgehead atoms. The first-order valence-corrected chi connectivity index (χ1v) is 6.21. The molecule has 0 radical (unpaired) electrons. The molecule has 0 heterocycles. The number of nitrogens with zero attached hydrogens (tertiary/aromatic N) is 1. The largest absolute Gasteiger partial charge is 0.481 e. The van der Waals surface area contributed by atoms with E-state index in [0.717, 1.165) is 12.8 Å². The van der Waals surface area contributed by atoms with Gasteiger partial charge in [0, 0.05) is 26.1 Å². The van der Waals surface area contributed by atoms with Crippen LogP contribution in [0.5, 0.6) is 0 Å². The molecule has 5 nitrogen and oxygen atoms in total. The van der Waals surface area contributed by atoms with Crippen molar-refractivity contribution >= 4 is 12.0 Å². The lowest BCUT2D eigenvalue weighted by Gasteiger charge is -2.24. The molecule has 0 fully saturated rings. The van der Waals surface area contributed by atoms with E-state index in [0.29, 0.717) is 19.4 Å². The highest BCUT2D eigenvalue weighted by atomic mass is 16.4. The van der Waals surface area contributed by atoms with E-state index in [4.69, 9.17) is 5.11 Å². The van der Waals surface area contributed by atoms with Crippen molar-refractivity contribution in [3.63, 3.8) is 0 Å². The van der Waals surface area contributed by atoms with Crippen molar-refractivity contribution in [2.45, 2.75) is 52.0 Å². The Kier molecular flexibility index (Phi) is 8.19. The van der Waals surface area contributed by atoms with Crippen molar-refractivity contribution in [1.82, 2.24) is 10.2 Å². The van der Waals surface area contributed by atoms with Crippen molar-refractivity contribution < 1.29 is 14.7 Å². The Morgan fingerprint density at radius 2 is 2.00 bits per heavy atom. The van der Waals surface area contributed by atoms with Gasteiger partial charge in [-0.2, -0.15) is 0 Å². The molecule has 0 aromatic carbocycles. The summed E-state index contributed by atoms with van der Waals surface area (Å²) in [7, 11) is 1.78. The second kappa shape index (κ2) is 8.84. The highest BCUT2D eigenvalue weighted by Crippen LogP contribution is 2.04. The molecule has 0 saturated carbocycles. The molecule has 2 amide bonds. The molecule has 0 saturated heterocycles. The third-order valence-electron chi connectivity index (χ3n) is 2.78. The van der Waals surface area contributed by atoms with Crippen LogP contribution in [0.25, 0.3) is 0 Å². The number of amides is 2. The van der Waals surface area contributed by atoms with Crippen molar-refractivity contribution in [3.05, 3.63) is 0 Å². The van der Waals surface area contributed by atoms with E-state index in [1.165, 1.54) is 0 Å². The van der Waals surface area contributed by atoms with E-state index < -0.39 is 5.97 Å². The van der Waals surface area contributed by atoms with Crippen molar-refractivity contribution in [2.24, 2.45) is 0 Å². The Hall–Kier alpha value is -1.26. The highest BCUT2D eigenvalue weighted by Gasteiger charge is 2.13. The summed E-state index contributed by atoms with van der Waals surface area (Å²) in [6.07, 6.45) is 3.51. The molecule has 0 spiro atoms. The van der Waals surface area contributed by atoms with Gasteiger partial charge in [-0.25, -0.2) is 4.79 Å². The predicted octanol–water partition coefficient (Wildman–Crippen LogP) is 2.07. The number of carboxylic acid groups (broad SMARTS) is 1. The average Bonchev–Trinajstić information content (AvgIpc) is 2.27. The maximum atomic E-state index is 11.7. The number of urea groups is 1. The van der Waals surface area contributed by atoms with Gasteiger partial charge in [0.05, 0.1) is 0 Å². The van der Waals surface area contributed by atoms with Gasteiger partial charge < -0.3 is 15.3 Å². The minimum Gasteiger partial charge on any atom is -0.481 e. The molecule has 100 valence electrons. The van der Waals surface area contributed by atoms with Gasteiger partial charge in [-0.3, -0.25) is 4.79 Å². The summed E-state index contributed by atoms with van der Waals surface area (Å²) >= 11 is 0. The van der Waals surface area contributed by atoms with Crippen LogP contribution in [0.2, 0.25) is 0 Å². The van der Waals surface area contributed by atoms with Crippen LogP contribution >= 0.6 is 0 Å². The van der Waals surface area contributed by atoms with Crippen LogP contribution in [0, 0.1) is 0 Å². The number of nitrogens with one attached hydrogen (secondary N) is 1. The Balaban J connectivity index is 3.67. The fourth-order valence-electron chi connectivity index (χ4n) is 1.53. The highest BCUT2D eigenvalue weighted by molar-refractivity contribution is 5.74. The van der Waals surface area contributed by atoms with E-state index in [1.54, 1.807) is 11.9 Å². The van der Waals surface area contributed by atoms with Crippen molar-refractivity contribution in [1.29, 1.82) is 0 Å². The molecular weight excluding hydrogens is 220 g/mol. The summed E-state index contributed by atoms with van der Waals surface area (Å²) < 4.78 is 0. The molecule has 0 aliphatic heterocycles. The molecule has 17 heavy (non-hydrogen) atoms. The maximum absolute atomic E-state index is 11.7. The first-order chi connectivity index (χ1) is 7.99. The summed E-state index contributed by atoms with van der Waals surface area (Å²) in [5, 5.41) is 11.2. The van der Waals surface area contributed by atoms with Crippen LogP contribution < -0.4 is 5.32 Å². The molecule has 0 aromatic heterocycles. The Morgan fingerprint density at radius 1 is 1.35 bits per heavy atom. The lowest BCUT2D eigenvalue weighted by Crippen LogP contribution is -2.42. The number of carboxylic acids is 1. The fourth-order valence-corrected chi connectivity index (χ4v) is 1.53. The summed E-state index contributed by atoms with van der Waals surface area (Å²) in [6.45, 7) is 4.65. The predicted molar refractivity (Wildman–Crippen MR) is 67.0 cm³/mol. The second-order valence-electron chi connectivity index (χ2n) is 4.33. The van der Waals surface area contributed by atoms with Gasteiger partial charge in [0.15, 0.2) is 0 Å². The van der Waals surface area contributed by atoms with Crippen molar-refractivity contribution in [2.75, 3.05) is 13.6 Å². The normalized spacial score (nSPS) is 11.9. The molecular formula is C12H24N2O3. The standard InChI is InChI=1S/C12H24N2O3/c1-4-7-10(2)14(3)12(17)13-9-6-5-8-11(15)16/h10H,4-9H2,1-3H3,(H,13,17)(H,15,16). The number of hydrogen-bond acceptors (Lipinski definition) is 2. The number of carbonyl (C=O) groups is 2. The maximum Gasteiger partial charge on any atom is 0.317 e. The smallest absolute Gasteiger partial charge is 0.317 e. The topological polar surface area (TPSA) is 69.6 Å². The van der Waals surface area contributed by atoms with Gasteiger partial charge in [0.1, 0.15) is 0 Å². The summed E-state index contributed by atoms with van der Waals surface area (Å²) in [5.41, 5.74) is 0. The number of rotatable bonds is 8. The molecule has 1 atom stereocenters. The van der Waals surface area contributed by atoms with Crippen LogP contribution in [0.4, 0.5) is 4.79 Å². The van der Waals surface area contributed by atoms with Crippen LogP contribution in [0.1, 0.15) is 46.0 Å². The monoisotopic (exact) mass is 244 g/mol. The van der Waals surface area contributed by atoms with E-state index in [-0.39, 0.29) is 18.5 Å². The third kappa shape index (κ3) is 7.60. The molecule has 2 N–H and O–H groups in total. The minimum atomic E-state index is -0.787. The van der Waals surface area contributed by atoms with Gasteiger partial charge in [-0.15, -0.1) is 0 Å². The molecule has 0 aromatic rings. The van der Waals surface area contributed by atoms with Crippen LogP contribution in [-0.4, -0.2) is 41.6 Å². The number of carbonyl (C=O) groups excluding carboxylic acids is 1. The zero-order valence-corrected chi connectivity index (χ0v) is 11.0. The quantitative estimate of drug-likeness (QED) is 0.642. The summed E-state index contributed by atoms with van der Waals surface area (Å²) in [5.74, 6) is -0.787. The zero-order valence-electron chi connectivity index (χ0n) is 11.0. The van der Waals surface area contributed by atoms with E-state index in [9.17, 15) is 9.59 Å². The first kappa shape index (κ1) is 15.7. The lowest BCUT2D eigenvalue weighted by atomic mass is 10.2. The molecule has 0 aliphatic carbocycles. The first-order valence-electron chi connectivity index (χ1n) is 6.21. The number of hydrogen-bond donors (Lipinski definition) is 2. The number of unbranched alkanes of at least 4 members (excludes halogenated alkanes) is 1. The Bertz CT molecular complexity index is 244. The van der Waals surface area contributed by atoms with E-state index in [1.807, 2.05) is 6.92 Å². The van der Waals surface area contributed by atoms with Gasteiger partial charge in [-0.05, 0) is 26.2 Å². The van der Waals surface area contributed by atoms with Gasteiger partial charge in [0.25, 0.3) is 0 Å². The van der Waals surface area contributed by atoms with Crippen LogP contribution in [0.3, 0.4) is 0 Å². The Morgan fingerprint density at radius 3 is 2.53 bits per heavy atom. The fraction of sp³-hybridized carbons (Fsp3) is 0.833. The third-order valence-corrected chi connectivity index (χ3v) is 2.78. The number of aliphatic carboxylic acids is 1. The lowest BCUT2D eigenvalue weighted by molar-refractivity contribution is -0.137. The van der Waals surface area contributed by atoms with Gasteiger partial charge in [-0.1, -0.05) is 13.3 Å². The van der Waals surface area contributed by atoms with Gasteiger partial charge >= 0.3 is 12.0 Å².